The van der Waals surface area contributed by atoms with Crippen LogP contribution in [0.15, 0.2) is 24.3 Å². The molecule has 1 rings (SSSR count). The third-order valence-corrected chi connectivity index (χ3v) is 2.79. The van der Waals surface area contributed by atoms with E-state index in [4.69, 9.17) is 14.6 Å². The van der Waals surface area contributed by atoms with E-state index in [1.165, 1.54) is 0 Å². The third-order valence-electron chi connectivity index (χ3n) is 2.79. The molecule has 0 aromatic heterocycles. The molecule has 0 saturated carbocycles. The van der Waals surface area contributed by atoms with Gasteiger partial charge in [-0.2, -0.15) is 0 Å². The summed E-state index contributed by atoms with van der Waals surface area (Å²) in [5, 5.41) is 18.2. The Bertz CT molecular complexity index is 336. The average Bonchev–Trinajstić information content (AvgIpc) is 2.39. The number of hydrogen-bond acceptors (Lipinski definition) is 4. The molecular weight excluding hydrogens is 232 g/mol. The van der Waals surface area contributed by atoms with Gasteiger partial charge in [-0.05, 0) is 44.5 Å². The maximum atomic E-state index is 9.39. The highest BCUT2D eigenvalue weighted by molar-refractivity contribution is 5.31. The zero-order valence-corrected chi connectivity index (χ0v) is 11.2. The van der Waals surface area contributed by atoms with E-state index in [9.17, 15) is 5.11 Å². The highest BCUT2D eigenvalue weighted by Gasteiger charge is 2.14. The van der Waals surface area contributed by atoms with E-state index in [1.54, 1.807) is 19.1 Å². The molecule has 0 fully saturated rings. The van der Waals surface area contributed by atoms with Crippen molar-refractivity contribution < 1.29 is 19.7 Å². The van der Waals surface area contributed by atoms with Gasteiger partial charge in [0.1, 0.15) is 23.7 Å². The number of benzene rings is 1. The first kappa shape index (κ1) is 14.8. The van der Waals surface area contributed by atoms with Gasteiger partial charge < -0.3 is 19.7 Å². The average molecular weight is 254 g/mol. The monoisotopic (exact) mass is 254 g/mol. The van der Waals surface area contributed by atoms with Crippen molar-refractivity contribution in [3.63, 3.8) is 0 Å². The first-order valence-electron chi connectivity index (χ1n) is 6.29. The van der Waals surface area contributed by atoms with Crippen molar-refractivity contribution in [1.29, 1.82) is 0 Å². The van der Waals surface area contributed by atoms with Gasteiger partial charge >= 0.3 is 0 Å². The second kappa shape index (κ2) is 7.24. The standard InChI is InChI=1S/C14H22O4/c1-4-10(2)17-12-5-7-13(8-6-12)18-11(3)14(16)9-15/h5-8,10-11,14-16H,4,9H2,1-3H3. The summed E-state index contributed by atoms with van der Waals surface area (Å²) in [4.78, 5) is 0. The molecule has 3 atom stereocenters. The van der Waals surface area contributed by atoms with Crippen molar-refractivity contribution in [2.75, 3.05) is 6.61 Å². The van der Waals surface area contributed by atoms with Crippen molar-refractivity contribution in [2.24, 2.45) is 0 Å². The van der Waals surface area contributed by atoms with Gasteiger partial charge in [0.15, 0.2) is 0 Å². The zero-order valence-electron chi connectivity index (χ0n) is 11.2. The Hall–Kier alpha value is -1.26. The Balaban J connectivity index is 2.55. The van der Waals surface area contributed by atoms with E-state index in [-0.39, 0.29) is 12.7 Å². The van der Waals surface area contributed by atoms with Gasteiger partial charge in [-0.3, -0.25) is 0 Å². The molecule has 1 aromatic carbocycles. The molecule has 0 spiro atoms. The Morgan fingerprint density at radius 3 is 2.00 bits per heavy atom. The topological polar surface area (TPSA) is 58.9 Å². The minimum absolute atomic E-state index is 0.187. The predicted molar refractivity (Wildman–Crippen MR) is 70.0 cm³/mol. The highest BCUT2D eigenvalue weighted by Crippen LogP contribution is 2.20. The van der Waals surface area contributed by atoms with Crippen LogP contribution in [0.1, 0.15) is 27.2 Å². The van der Waals surface area contributed by atoms with E-state index in [0.29, 0.717) is 5.75 Å². The first-order valence-corrected chi connectivity index (χ1v) is 6.29. The van der Waals surface area contributed by atoms with Gasteiger partial charge in [0.05, 0.1) is 12.7 Å². The molecule has 0 aliphatic rings. The fraction of sp³-hybridized carbons (Fsp3) is 0.571. The van der Waals surface area contributed by atoms with Crippen LogP contribution in [0.25, 0.3) is 0 Å². The van der Waals surface area contributed by atoms with Crippen LogP contribution in [0.4, 0.5) is 0 Å². The van der Waals surface area contributed by atoms with Crippen LogP contribution in [0.3, 0.4) is 0 Å². The quantitative estimate of drug-likeness (QED) is 0.781. The Morgan fingerprint density at radius 2 is 1.56 bits per heavy atom. The number of aliphatic hydroxyl groups is 2. The molecule has 0 aliphatic heterocycles. The minimum atomic E-state index is -0.874. The number of rotatable bonds is 7. The fourth-order valence-electron chi connectivity index (χ4n) is 1.35. The van der Waals surface area contributed by atoms with Gasteiger partial charge in [-0.25, -0.2) is 0 Å². The van der Waals surface area contributed by atoms with Crippen molar-refractivity contribution >= 4 is 0 Å². The van der Waals surface area contributed by atoms with E-state index < -0.39 is 12.2 Å². The molecule has 3 unspecified atom stereocenters. The Labute approximate surface area is 108 Å². The third kappa shape index (κ3) is 4.55. The minimum Gasteiger partial charge on any atom is -0.491 e. The molecule has 102 valence electrons. The number of aliphatic hydroxyl groups excluding tert-OH is 2. The molecule has 2 N–H and O–H groups in total. The molecular formula is C14H22O4. The Kier molecular flexibility index (Phi) is 5.95. The fourth-order valence-corrected chi connectivity index (χ4v) is 1.35. The summed E-state index contributed by atoms with van der Waals surface area (Å²) in [5.74, 6) is 1.44. The Morgan fingerprint density at radius 1 is 1.06 bits per heavy atom. The van der Waals surface area contributed by atoms with Crippen molar-refractivity contribution in [3.05, 3.63) is 24.3 Å². The van der Waals surface area contributed by atoms with Crippen LogP contribution in [0.5, 0.6) is 11.5 Å². The summed E-state index contributed by atoms with van der Waals surface area (Å²) in [7, 11) is 0. The second-order valence-corrected chi connectivity index (χ2v) is 4.38. The van der Waals surface area contributed by atoms with Crippen LogP contribution in [0.2, 0.25) is 0 Å². The van der Waals surface area contributed by atoms with Gasteiger partial charge in [-0.15, -0.1) is 0 Å². The summed E-state index contributed by atoms with van der Waals surface area (Å²) >= 11 is 0. The second-order valence-electron chi connectivity index (χ2n) is 4.38. The largest absolute Gasteiger partial charge is 0.491 e. The SMILES string of the molecule is CCC(C)Oc1ccc(OC(C)C(O)CO)cc1. The van der Waals surface area contributed by atoms with Gasteiger partial charge in [0.2, 0.25) is 0 Å². The van der Waals surface area contributed by atoms with Gasteiger partial charge in [0.25, 0.3) is 0 Å². The van der Waals surface area contributed by atoms with Crippen molar-refractivity contribution in [1.82, 2.24) is 0 Å². The normalized spacial score (nSPS) is 15.8. The van der Waals surface area contributed by atoms with Crippen molar-refractivity contribution in [2.45, 2.75) is 45.5 Å². The summed E-state index contributed by atoms with van der Waals surface area (Å²) in [6, 6.07) is 7.25. The summed E-state index contributed by atoms with van der Waals surface area (Å²) in [5.41, 5.74) is 0. The summed E-state index contributed by atoms with van der Waals surface area (Å²) in [6.07, 6.45) is -0.179. The van der Waals surface area contributed by atoms with Crippen molar-refractivity contribution in [3.8, 4) is 11.5 Å². The lowest BCUT2D eigenvalue weighted by molar-refractivity contribution is 0.00813. The smallest absolute Gasteiger partial charge is 0.124 e. The van der Waals surface area contributed by atoms with Crippen LogP contribution < -0.4 is 9.47 Å². The molecule has 0 radical (unpaired) electrons. The molecule has 18 heavy (non-hydrogen) atoms. The van der Waals surface area contributed by atoms with E-state index in [1.807, 2.05) is 19.1 Å². The maximum absolute atomic E-state index is 9.39. The number of hydrogen-bond donors (Lipinski definition) is 2. The number of ether oxygens (including phenoxy) is 2. The van der Waals surface area contributed by atoms with E-state index >= 15 is 0 Å². The van der Waals surface area contributed by atoms with Crippen LogP contribution in [-0.4, -0.2) is 35.1 Å². The zero-order chi connectivity index (χ0) is 13.5. The maximum Gasteiger partial charge on any atom is 0.124 e. The molecule has 4 heteroatoms. The van der Waals surface area contributed by atoms with Crippen LogP contribution >= 0.6 is 0 Å². The predicted octanol–water partition coefficient (Wildman–Crippen LogP) is 1.98. The lowest BCUT2D eigenvalue weighted by atomic mass is 10.2. The first-order chi connectivity index (χ1) is 8.56. The summed E-state index contributed by atoms with van der Waals surface area (Å²) < 4.78 is 11.1. The summed E-state index contributed by atoms with van der Waals surface area (Å²) in [6.45, 7) is 5.49. The molecule has 1 aromatic rings. The highest BCUT2D eigenvalue weighted by atomic mass is 16.5. The lowest BCUT2D eigenvalue weighted by Gasteiger charge is -2.19. The van der Waals surface area contributed by atoms with Crippen LogP contribution in [-0.2, 0) is 0 Å². The van der Waals surface area contributed by atoms with Gasteiger partial charge in [0, 0.05) is 0 Å². The van der Waals surface area contributed by atoms with E-state index in [0.717, 1.165) is 12.2 Å². The molecule has 0 bridgehead atoms. The molecule has 0 saturated heterocycles. The van der Waals surface area contributed by atoms with Crippen LogP contribution in [0, 0.1) is 0 Å². The van der Waals surface area contributed by atoms with E-state index in [2.05, 4.69) is 6.92 Å². The van der Waals surface area contributed by atoms with Gasteiger partial charge in [-0.1, -0.05) is 6.92 Å². The molecule has 0 aliphatic carbocycles. The molecule has 0 heterocycles. The molecule has 0 amide bonds. The lowest BCUT2D eigenvalue weighted by Crippen LogP contribution is -2.31. The molecule has 4 nitrogen and oxygen atoms in total.